The first-order chi connectivity index (χ1) is 11.1. The van der Waals surface area contributed by atoms with Crippen molar-refractivity contribution in [2.75, 3.05) is 38.5 Å². The molecule has 0 aliphatic carbocycles. The van der Waals surface area contributed by atoms with Crippen LogP contribution in [0.5, 0.6) is 0 Å². The Balaban J connectivity index is 1.73. The van der Waals surface area contributed by atoms with E-state index < -0.39 is 0 Å². The third-order valence-electron chi connectivity index (χ3n) is 3.88. The van der Waals surface area contributed by atoms with Crippen LogP contribution in [0.4, 0.5) is 15.8 Å². The molecule has 120 valence electrons. The maximum absolute atomic E-state index is 13.2. The molecule has 2 aromatic rings. The zero-order chi connectivity index (χ0) is 16.2. The summed E-state index contributed by atoms with van der Waals surface area (Å²) < 4.78 is 13.2. The Kier molecular flexibility index (Phi) is 4.52. The van der Waals surface area contributed by atoms with Crippen molar-refractivity contribution in [3.63, 3.8) is 0 Å². The molecular weight excluding hydrogens is 295 g/mol. The van der Waals surface area contributed by atoms with Gasteiger partial charge in [-0.2, -0.15) is 0 Å². The van der Waals surface area contributed by atoms with Gasteiger partial charge in [-0.1, -0.05) is 6.07 Å². The van der Waals surface area contributed by atoms with Gasteiger partial charge >= 0.3 is 0 Å². The minimum Gasteiger partial charge on any atom is -0.355 e. The number of anilines is 2. The molecule has 1 aliphatic rings. The van der Waals surface area contributed by atoms with Gasteiger partial charge in [0.05, 0.1) is 0 Å². The molecule has 1 saturated heterocycles. The largest absolute Gasteiger partial charge is 0.355 e. The molecule has 5 nitrogen and oxygen atoms in total. The van der Waals surface area contributed by atoms with Crippen LogP contribution in [0.2, 0.25) is 0 Å². The van der Waals surface area contributed by atoms with Gasteiger partial charge in [-0.05, 0) is 37.4 Å². The molecule has 3 rings (SSSR count). The molecule has 23 heavy (non-hydrogen) atoms. The van der Waals surface area contributed by atoms with Crippen LogP contribution in [0.1, 0.15) is 10.5 Å². The summed E-state index contributed by atoms with van der Waals surface area (Å²) in [5.41, 5.74) is 1.74. The summed E-state index contributed by atoms with van der Waals surface area (Å²) >= 11 is 0. The monoisotopic (exact) mass is 314 g/mol. The van der Waals surface area contributed by atoms with E-state index in [-0.39, 0.29) is 11.7 Å². The zero-order valence-electron chi connectivity index (χ0n) is 13.0. The molecule has 0 spiro atoms. The van der Waals surface area contributed by atoms with Crippen LogP contribution in [-0.4, -0.2) is 53.9 Å². The van der Waals surface area contributed by atoms with Gasteiger partial charge in [0, 0.05) is 43.8 Å². The van der Waals surface area contributed by atoms with Gasteiger partial charge in [0.25, 0.3) is 5.91 Å². The third-order valence-corrected chi connectivity index (χ3v) is 3.88. The minimum absolute atomic E-state index is 0.0685. The topological polar surface area (TPSA) is 48.5 Å². The van der Waals surface area contributed by atoms with Gasteiger partial charge in [0.1, 0.15) is 11.5 Å². The number of benzene rings is 1. The quantitative estimate of drug-likeness (QED) is 0.945. The molecule has 1 amide bonds. The van der Waals surface area contributed by atoms with Gasteiger partial charge in [-0.25, -0.2) is 4.39 Å². The maximum Gasteiger partial charge on any atom is 0.272 e. The fraction of sp³-hybridized carbons (Fsp3) is 0.294. The van der Waals surface area contributed by atoms with Crippen LogP contribution in [0.3, 0.4) is 0 Å². The lowest BCUT2D eigenvalue weighted by molar-refractivity contribution is 0.0658. The van der Waals surface area contributed by atoms with E-state index in [0.717, 1.165) is 13.1 Å². The van der Waals surface area contributed by atoms with Gasteiger partial charge in [0.2, 0.25) is 0 Å². The number of aromatic nitrogens is 1. The number of rotatable bonds is 3. The highest BCUT2D eigenvalue weighted by molar-refractivity contribution is 5.93. The Morgan fingerprint density at radius 2 is 1.87 bits per heavy atom. The molecular formula is C17H19FN4O. The predicted octanol–water partition coefficient (Wildman–Crippen LogP) is 2.35. The Bertz CT molecular complexity index is 698. The number of carbonyl (C=O) groups excluding carboxylic acids is 1. The lowest BCUT2D eigenvalue weighted by Crippen LogP contribution is -2.47. The van der Waals surface area contributed by atoms with Crippen molar-refractivity contribution < 1.29 is 9.18 Å². The highest BCUT2D eigenvalue weighted by Crippen LogP contribution is 2.18. The van der Waals surface area contributed by atoms with Crippen molar-refractivity contribution in [1.82, 2.24) is 14.8 Å². The SMILES string of the molecule is CN1CCN(C(=O)c2cc(Nc3cccc(F)c3)ccn2)CC1. The second kappa shape index (κ2) is 6.75. The molecule has 1 fully saturated rings. The first-order valence-corrected chi connectivity index (χ1v) is 7.58. The number of likely N-dealkylation sites (N-methyl/N-ethyl adjacent to an activating group) is 1. The molecule has 0 radical (unpaired) electrons. The summed E-state index contributed by atoms with van der Waals surface area (Å²) in [5, 5.41) is 3.09. The summed E-state index contributed by atoms with van der Waals surface area (Å²) in [6, 6.07) is 9.65. The summed E-state index contributed by atoms with van der Waals surface area (Å²) in [7, 11) is 2.05. The Hall–Kier alpha value is -2.47. The third kappa shape index (κ3) is 3.84. The highest BCUT2D eigenvalue weighted by Gasteiger charge is 2.21. The zero-order valence-corrected chi connectivity index (χ0v) is 13.0. The van der Waals surface area contributed by atoms with E-state index in [1.165, 1.54) is 12.1 Å². The van der Waals surface area contributed by atoms with E-state index in [1.54, 1.807) is 30.5 Å². The molecule has 1 aliphatic heterocycles. The van der Waals surface area contributed by atoms with Crippen LogP contribution in [0.15, 0.2) is 42.6 Å². The second-order valence-corrected chi connectivity index (χ2v) is 5.66. The van der Waals surface area contributed by atoms with E-state index >= 15 is 0 Å². The van der Waals surface area contributed by atoms with Gasteiger partial charge < -0.3 is 15.1 Å². The van der Waals surface area contributed by atoms with E-state index in [1.807, 2.05) is 11.9 Å². The number of pyridine rings is 1. The van der Waals surface area contributed by atoms with Crippen molar-refractivity contribution in [3.8, 4) is 0 Å². The molecule has 0 atom stereocenters. The van der Waals surface area contributed by atoms with E-state index in [2.05, 4.69) is 15.2 Å². The summed E-state index contributed by atoms with van der Waals surface area (Å²) in [6.07, 6.45) is 1.59. The number of nitrogens with one attached hydrogen (secondary N) is 1. The fourth-order valence-corrected chi connectivity index (χ4v) is 2.53. The first kappa shape index (κ1) is 15.4. The summed E-state index contributed by atoms with van der Waals surface area (Å²) in [5.74, 6) is -0.376. The van der Waals surface area contributed by atoms with Crippen LogP contribution < -0.4 is 5.32 Å². The average molecular weight is 314 g/mol. The number of hydrogen-bond donors (Lipinski definition) is 1. The van der Waals surface area contributed by atoms with Gasteiger partial charge in [0.15, 0.2) is 0 Å². The molecule has 0 bridgehead atoms. The first-order valence-electron chi connectivity index (χ1n) is 7.58. The van der Waals surface area contributed by atoms with Gasteiger partial charge in [-0.15, -0.1) is 0 Å². The number of nitrogens with zero attached hydrogens (tertiary/aromatic N) is 3. The number of carbonyl (C=O) groups is 1. The minimum atomic E-state index is -0.308. The number of halogens is 1. The average Bonchev–Trinajstić information content (AvgIpc) is 2.55. The van der Waals surface area contributed by atoms with Crippen LogP contribution >= 0.6 is 0 Å². The molecule has 1 aromatic heterocycles. The maximum atomic E-state index is 13.2. The van der Waals surface area contributed by atoms with Crippen LogP contribution in [-0.2, 0) is 0 Å². The Labute approximate surface area is 134 Å². The smallest absolute Gasteiger partial charge is 0.272 e. The van der Waals surface area contributed by atoms with Crippen LogP contribution in [0.25, 0.3) is 0 Å². The van der Waals surface area contributed by atoms with Gasteiger partial charge in [-0.3, -0.25) is 9.78 Å². The molecule has 2 heterocycles. The Morgan fingerprint density at radius 1 is 1.13 bits per heavy atom. The summed E-state index contributed by atoms with van der Waals surface area (Å²) in [4.78, 5) is 20.7. The van der Waals surface area contributed by atoms with Crippen molar-refractivity contribution in [3.05, 3.63) is 54.1 Å². The van der Waals surface area contributed by atoms with E-state index in [0.29, 0.717) is 30.2 Å². The molecule has 0 unspecified atom stereocenters. The van der Waals surface area contributed by atoms with Crippen molar-refractivity contribution in [2.24, 2.45) is 0 Å². The van der Waals surface area contributed by atoms with Crippen LogP contribution in [0, 0.1) is 5.82 Å². The molecule has 0 saturated carbocycles. The standard InChI is InChI=1S/C17H19FN4O/c1-21-7-9-22(10-8-21)17(23)16-12-15(5-6-19-16)20-14-4-2-3-13(18)11-14/h2-6,11-12H,7-10H2,1H3,(H,19,20). The number of piperazine rings is 1. The second-order valence-electron chi connectivity index (χ2n) is 5.66. The van der Waals surface area contributed by atoms with Crippen molar-refractivity contribution in [1.29, 1.82) is 0 Å². The Morgan fingerprint density at radius 3 is 2.61 bits per heavy atom. The lowest BCUT2D eigenvalue weighted by Gasteiger charge is -2.32. The predicted molar refractivity (Wildman–Crippen MR) is 87.3 cm³/mol. The highest BCUT2D eigenvalue weighted by atomic mass is 19.1. The fourth-order valence-electron chi connectivity index (χ4n) is 2.53. The van der Waals surface area contributed by atoms with Crippen molar-refractivity contribution in [2.45, 2.75) is 0 Å². The molecule has 6 heteroatoms. The normalized spacial score (nSPS) is 15.5. The molecule has 1 aromatic carbocycles. The van der Waals surface area contributed by atoms with E-state index in [9.17, 15) is 9.18 Å². The van der Waals surface area contributed by atoms with E-state index in [4.69, 9.17) is 0 Å². The number of amides is 1. The lowest BCUT2D eigenvalue weighted by atomic mass is 10.2. The number of hydrogen-bond acceptors (Lipinski definition) is 4. The summed E-state index contributed by atoms with van der Waals surface area (Å²) in [6.45, 7) is 3.15. The molecule has 1 N–H and O–H groups in total. The van der Waals surface area contributed by atoms with Crippen molar-refractivity contribution >= 4 is 17.3 Å².